The Labute approximate surface area is 143 Å². The summed E-state index contributed by atoms with van der Waals surface area (Å²) >= 11 is 0. The monoisotopic (exact) mass is 388 g/mol. The largest absolute Gasteiger partial charge is 0.340 e. The first-order valence-electron chi connectivity index (χ1n) is 7.23. The molecule has 1 aromatic carbocycles. The molecule has 0 amide bonds. The van der Waals surface area contributed by atoms with Crippen LogP contribution in [-0.2, 0) is 22.6 Å². The molecule has 1 aromatic heterocycles. The van der Waals surface area contributed by atoms with Crippen LogP contribution in [0.4, 0.5) is 0 Å². The van der Waals surface area contributed by atoms with Gasteiger partial charge in [-0.25, -0.2) is 4.98 Å². The number of aromatic nitrogens is 2. The van der Waals surface area contributed by atoms with Crippen molar-refractivity contribution in [2.75, 3.05) is 0 Å². The quantitative estimate of drug-likeness (QED) is 0.537. The summed E-state index contributed by atoms with van der Waals surface area (Å²) in [6.45, 7) is 0. The topological polar surface area (TPSA) is 150 Å². The molecule has 4 N–H and O–H groups in total. The number of hydrogen-bond donors (Lipinski definition) is 4. The molecule has 25 heavy (non-hydrogen) atoms. The van der Waals surface area contributed by atoms with Gasteiger partial charge < -0.3 is 19.6 Å². The van der Waals surface area contributed by atoms with Gasteiger partial charge in [-0.2, -0.15) is 0 Å². The SMILES string of the molecule is Cn1c(CCC(P(=O)(O)O)P(=O)(O)O)nc(-c2ccccc2)cc1=O. The van der Waals surface area contributed by atoms with Crippen molar-refractivity contribution in [2.24, 2.45) is 7.05 Å². The third-order valence-electron chi connectivity index (χ3n) is 3.70. The van der Waals surface area contributed by atoms with E-state index < -0.39 is 27.0 Å². The predicted octanol–water partition coefficient (Wildman–Crippen LogP) is 1.06. The number of aryl methyl sites for hydroxylation is 1. The minimum Gasteiger partial charge on any atom is -0.324 e. The molecule has 0 atom stereocenters. The van der Waals surface area contributed by atoms with Crippen LogP contribution in [0.5, 0.6) is 0 Å². The zero-order chi connectivity index (χ0) is 18.8. The smallest absolute Gasteiger partial charge is 0.324 e. The van der Waals surface area contributed by atoms with Crippen molar-refractivity contribution in [1.82, 2.24) is 9.55 Å². The zero-order valence-corrected chi connectivity index (χ0v) is 15.0. The summed E-state index contributed by atoms with van der Waals surface area (Å²) in [6, 6.07) is 10.2. The molecule has 0 bridgehead atoms. The second-order valence-electron chi connectivity index (χ2n) is 5.52. The average molecular weight is 388 g/mol. The lowest BCUT2D eigenvalue weighted by Crippen LogP contribution is -2.23. The van der Waals surface area contributed by atoms with Gasteiger partial charge in [-0.3, -0.25) is 18.5 Å². The van der Waals surface area contributed by atoms with Crippen molar-refractivity contribution in [3.63, 3.8) is 0 Å². The molecule has 0 fully saturated rings. The number of benzene rings is 1. The average Bonchev–Trinajstić information content (AvgIpc) is 2.49. The van der Waals surface area contributed by atoms with Gasteiger partial charge in [-0.05, 0) is 6.42 Å². The molecule has 2 aromatic rings. The van der Waals surface area contributed by atoms with Crippen LogP contribution < -0.4 is 5.56 Å². The third-order valence-corrected chi connectivity index (χ3v) is 7.57. The number of rotatable bonds is 6. The molecule has 0 saturated heterocycles. The number of nitrogens with zero attached hydrogens (tertiary/aromatic N) is 2. The highest BCUT2D eigenvalue weighted by Gasteiger charge is 2.42. The van der Waals surface area contributed by atoms with Crippen LogP contribution in [0.25, 0.3) is 11.3 Å². The van der Waals surface area contributed by atoms with Crippen LogP contribution in [0.1, 0.15) is 12.2 Å². The maximum absolute atomic E-state index is 12.1. The summed E-state index contributed by atoms with van der Waals surface area (Å²) in [5.41, 5.74) is 0.679. The Morgan fingerprint density at radius 2 is 1.64 bits per heavy atom. The molecule has 0 unspecified atom stereocenters. The van der Waals surface area contributed by atoms with E-state index >= 15 is 0 Å². The summed E-state index contributed by atoms with van der Waals surface area (Å²) in [5, 5.41) is -2.13. The van der Waals surface area contributed by atoms with Crippen LogP contribution in [0.3, 0.4) is 0 Å². The Hall–Kier alpha value is -1.60. The summed E-state index contributed by atoms with van der Waals surface area (Å²) in [7, 11) is -8.59. The Morgan fingerprint density at radius 1 is 1.08 bits per heavy atom. The number of hydrogen-bond acceptors (Lipinski definition) is 4. The van der Waals surface area contributed by atoms with Crippen LogP contribution in [0, 0.1) is 0 Å². The van der Waals surface area contributed by atoms with Crippen molar-refractivity contribution >= 4 is 15.2 Å². The molecular formula is C14H18N2O7P2. The fourth-order valence-corrected chi connectivity index (χ4v) is 4.86. The molecule has 136 valence electrons. The lowest BCUT2D eigenvalue weighted by molar-refractivity contribution is 0.335. The van der Waals surface area contributed by atoms with Gasteiger partial charge in [0.15, 0.2) is 5.40 Å². The summed E-state index contributed by atoms with van der Waals surface area (Å²) in [4.78, 5) is 53.1. The third kappa shape index (κ3) is 4.95. The van der Waals surface area contributed by atoms with Crippen molar-refractivity contribution < 1.29 is 28.7 Å². The first-order chi connectivity index (χ1) is 11.5. The lowest BCUT2D eigenvalue weighted by Gasteiger charge is -2.19. The Kier molecular flexibility index (Phi) is 5.79. The summed E-state index contributed by atoms with van der Waals surface area (Å²) in [6.07, 6.45) is -0.680. The second kappa shape index (κ2) is 7.33. The highest BCUT2D eigenvalue weighted by molar-refractivity contribution is 7.70. The van der Waals surface area contributed by atoms with E-state index in [1.165, 1.54) is 17.7 Å². The summed E-state index contributed by atoms with van der Waals surface area (Å²) < 4.78 is 23.9. The van der Waals surface area contributed by atoms with Crippen molar-refractivity contribution in [2.45, 2.75) is 18.2 Å². The molecule has 0 aliphatic heterocycles. The molecule has 2 rings (SSSR count). The van der Waals surface area contributed by atoms with Gasteiger partial charge in [-0.1, -0.05) is 30.3 Å². The van der Waals surface area contributed by atoms with E-state index in [2.05, 4.69) is 4.98 Å². The van der Waals surface area contributed by atoms with Crippen molar-refractivity contribution in [3.05, 3.63) is 52.6 Å². The highest BCUT2D eigenvalue weighted by Crippen LogP contribution is 2.61. The summed E-state index contributed by atoms with van der Waals surface area (Å²) in [5.74, 6) is 0.179. The van der Waals surface area contributed by atoms with E-state index in [1.54, 1.807) is 30.3 Å². The molecule has 11 heteroatoms. The van der Waals surface area contributed by atoms with Gasteiger partial charge in [0.1, 0.15) is 5.82 Å². The van der Waals surface area contributed by atoms with Crippen LogP contribution in [0.2, 0.25) is 0 Å². The zero-order valence-electron chi connectivity index (χ0n) is 13.3. The van der Waals surface area contributed by atoms with E-state index in [-0.39, 0.29) is 17.8 Å². The van der Waals surface area contributed by atoms with E-state index in [0.717, 1.165) is 0 Å². The first-order valence-corrected chi connectivity index (χ1v) is 10.6. The van der Waals surface area contributed by atoms with Gasteiger partial charge in [0.25, 0.3) is 5.56 Å². The molecule has 1 heterocycles. The van der Waals surface area contributed by atoms with E-state index in [4.69, 9.17) is 0 Å². The van der Waals surface area contributed by atoms with Gasteiger partial charge in [0.05, 0.1) is 5.69 Å². The van der Waals surface area contributed by atoms with Crippen LogP contribution >= 0.6 is 15.2 Å². The van der Waals surface area contributed by atoms with Gasteiger partial charge in [-0.15, -0.1) is 0 Å². The second-order valence-corrected chi connectivity index (χ2v) is 9.53. The van der Waals surface area contributed by atoms with Crippen LogP contribution in [-0.4, -0.2) is 34.5 Å². The van der Waals surface area contributed by atoms with Crippen molar-refractivity contribution in [3.8, 4) is 11.3 Å². The molecule has 0 saturated carbocycles. The minimum absolute atomic E-state index is 0.173. The van der Waals surface area contributed by atoms with Crippen molar-refractivity contribution in [1.29, 1.82) is 0 Å². The van der Waals surface area contributed by atoms with E-state index in [0.29, 0.717) is 11.3 Å². The molecular weight excluding hydrogens is 370 g/mol. The maximum atomic E-state index is 12.1. The molecule has 0 radical (unpaired) electrons. The van der Waals surface area contributed by atoms with Gasteiger partial charge in [0.2, 0.25) is 0 Å². The standard InChI is InChI=1S/C14H18N2O7P2/c1-16-12(7-8-14(24(18,19)20)25(21,22)23)15-11(9-13(16)17)10-5-3-2-4-6-10/h2-6,9,14H,7-8H2,1H3,(H2,18,19,20)(H2,21,22,23). The van der Waals surface area contributed by atoms with E-state index in [9.17, 15) is 33.5 Å². The van der Waals surface area contributed by atoms with E-state index in [1.807, 2.05) is 0 Å². The molecule has 0 spiro atoms. The fourth-order valence-electron chi connectivity index (χ4n) is 2.36. The molecule has 0 aliphatic carbocycles. The minimum atomic E-state index is -5.01. The maximum Gasteiger partial charge on any atom is 0.340 e. The lowest BCUT2D eigenvalue weighted by atomic mass is 10.1. The highest BCUT2D eigenvalue weighted by atomic mass is 31.2. The fraction of sp³-hybridized carbons (Fsp3) is 0.286. The van der Waals surface area contributed by atoms with Gasteiger partial charge >= 0.3 is 15.2 Å². The molecule has 0 aliphatic rings. The normalized spacial score (nSPS) is 12.6. The molecule has 9 nitrogen and oxygen atoms in total. The first kappa shape index (κ1) is 19.7. The Balaban J connectivity index is 2.37. The predicted molar refractivity (Wildman–Crippen MR) is 91.1 cm³/mol. The Morgan fingerprint density at radius 3 is 2.16 bits per heavy atom. The van der Waals surface area contributed by atoms with Crippen LogP contribution in [0.15, 0.2) is 41.2 Å². The Bertz CT molecular complexity index is 879. The van der Waals surface area contributed by atoms with Gasteiger partial charge in [0, 0.05) is 25.1 Å².